The summed E-state index contributed by atoms with van der Waals surface area (Å²) >= 11 is 0. The molecule has 1 aromatic carbocycles. The van der Waals surface area contributed by atoms with Crippen LogP contribution in [-0.4, -0.2) is 64.3 Å². The second-order valence-electron chi connectivity index (χ2n) is 6.47. The molecule has 0 aliphatic carbocycles. The fourth-order valence-corrected chi connectivity index (χ4v) is 3.05. The summed E-state index contributed by atoms with van der Waals surface area (Å²) < 4.78 is 0. The Bertz CT molecular complexity index is 756. The van der Waals surface area contributed by atoms with Crippen molar-refractivity contribution in [3.8, 4) is 0 Å². The number of aryl methyl sites for hydroxylation is 1. The van der Waals surface area contributed by atoms with Crippen LogP contribution in [0.25, 0.3) is 0 Å². The van der Waals surface area contributed by atoms with Crippen molar-refractivity contribution in [1.29, 1.82) is 0 Å². The number of carbonyl (C=O) groups is 2. The molecule has 0 bridgehead atoms. The van der Waals surface area contributed by atoms with Crippen molar-refractivity contribution in [2.45, 2.75) is 19.8 Å². The molecule has 7 heteroatoms. The van der Waals surface area contributed by atoms with E-state index < -0.39 is 0 Å². The van der Waals surface area contributed by atoms with Gasteiger partial charge in [-0.2, -0.15) is 0 Å². The first-order chi connectivity index (χ1) is 13.2. The minimum Gasteiger partial charge on any atom is -0.354 e. The maximum atomic E-state index is 12.6. The highest BCUT2D eigenvalue weighted by Crippen LogP contribution is 2.11. The maximum absolute atomic E-state index is 12.6. The first-order valence-electron chi connectivity index (χ1n) is 9.34. The second-order valence-corrected chi connectivity index (χ2v) is 6.47. The van der Waals surface area contributed by atoms with E-state index in [9.17, 15) is 9.59 Å². The van der Waals surface area contributed by atoms with E-state index in [-0.39, 0.29) is 11.8 Å². The van der Waals surface area contributed by atoms with Crippen LogP contribution in [0.3, 0.4) is 0 Å². The standard InChI is InChI=1S/C20H25N5O2/c1-2-16-4-6-17(7-5-16)19(27)25-14-12-24(13-15-25)18(26)8-11-23-20-21-9-3-10-22-20/h3-7,9-10H,2,8,11-15H2,1H3,(H,21,22,23). The molecule has 1 saturated heterocycles. The van der Waals surface area contributed by atoms with E-state index in [1.807, 2.05) is 34.1 Å². The predicted octanol–water partition coefficient (Wildman–Crippen LogP) is 1.83. The summed E-state index contributed by atoms with van der Waals surface area (Å²) in [5, 5.41) is 3.04. The lowest BCUT2D eigenvalue weighted by molar-refractivity contribution is -0.132. The fraction of sp³-hybridized carbons (Fsp3) is 0.400. The molecular weight excluding hydrogens is 342 g/mol. The SMILES string of the molecule is CCc1ccc(C(=O)N2CCN(C(=O)CCNc3ncccn3)CC2)cc1. The number of nitrogens with zero attached hydrogens (tertiary/aromatic N) is 4. The van der Waals surface area contributed by atoms with E-state index >= 15 is 0 Å². The Kier molecular flexibility index (Phi) is 6.35. The van der Waals surface area contributed by atoms with Crippen LogP contribution in [-0.2, 0) is 11.2 Å². The molecule has 0 unspecified atom stereocenters. The van der Waals surface area contributed by atoms with Crippen molar-refractivity contribution >= 4 is 17.8 Å². The quantitative estimate of drug-likeness (QED) is 0.843. The summed E-state index contributed by atoms with van der Waals surface area (Å²) in [5.74, 6) is 0.639. The second kappa shape index (κ2) is 9.12. The summed E-state index contributed by atoms with van der Waals surface area (Å²) in [6, 6.07) is 9.51. The number of carbonyl (C=O) groups excluding carboxylic acids is 2. The number of aromatic nitrogens is 2. The lowest BCUT2D eigenvalue weighted by atomic mass is 10.1. The average Bonchev–Trinajstić information content (AvgIpc) is 2.74. The van der Waals surface area contributed by atoms with E-state index in [2.05, 4.69) is 22.2 Å². The molecule has 2 aromatic rings. The van der Waals surface area contributed by atoms with Crippen molar-refractivity contribution in [3.05, 3.63) is 53.9 Å². The highest BCUT2D eigenvalue weighted by Gasteiger charge is 2.24. The normalized spacial score (nSPS) is 14.1. The fourth-order valence-electron chi connectivity index (χ4n) is 3.05. The number of hydrogen-bond donors (Lipinski definition) is 1. The largest absolute Gasteiger partial charge is 0.354 e. The predicted molar refractivity (Wildman–Crippen MR) is 103 cm³/mol. The minimum absolute atomic E-state index is 0.0349. The average molecular weight is 367 g/mol. The Morgan fingerprint density at radius 1 is 1.00 bits per heavy atom. The van der Waals surface area contributed by atoms with Crippen LogP contribution in [0.4, 0.5) is 5.95 Å². The van der Waals surface area contributed by atoms with Crippen LogP contribution >= 0.6 is 0 Å². The van der Waals surface area contributed by atoms with Crippen LogP contribution in [0, 0.1) is 0 Å². The lowest BCUT2D eigenvalue weighted by Crippen LogP contribution is -2.50. The third-order valence-electron chi connectivity index (χ3n) is 4.72. The Labute approximate surface area is 159 Å². The molecule has 1 aromatic heterocycles. The summed E-state index contributed by atoms with van der Waals surface area (Å²) in [7, 11) is 0. The van der Waals surface area contributed by atoms with Gasteiger partial charge in [0, 0.05) is 57.1 Å². The molecule has 1 aliphatic heterocycles. The molecule has 0 saturated carbocycles. The molecule has 2 heterocycles. The molecule has 27 heavy (non-hydrogen) atoms. The number of hydrogen-bond acceptors (Lipinski definition) is 5. The minimum atomic E-state index is 0.0349. The number of piperazine rings is 1. The van der Waals surface area contributed by atoms with Gasteiger partial charge in [0.1, 0.15) is 0 Å². The topological polar surface area (TPSA) is 78.4 Å². The molecule has 0 atom stereocenters. The summed E-state index contributed by atoms with van der Waals surface area (Å²) in [6.45, 7) is 4.85. The molecular formula is C20H25N5O2. The zero-order chi connectivity index (χ0) is 19.1. The monoisotopic (exact) mass is 367 g/mol. The number of amides is 2. The van der Waals surface area contributed by atoms with Crippen LogP contribution < -0.4 is 5.32 Å². The highest BCUT2D eigenvalue weighted by molar-refractivity contribution is 5.94. The highest BCUT2D eigenvalue weighted by atomic mass is 16.2. The number of anilines is 1. The van der Waals surface area contributed by atoms with Crippen LogP contribution in [0.15, 0.2) is 42.7 Å². The van der Waals surface area contributed by atoms with Crippen molar-refractivity contribution < 1.29 is 9.59 Å². The molecule has 0 spiro atoms. The smallest absolute Gasteiger partial charge is 0.253 e. The van der Waals surface area contributed by atoms with Gasteiger partial charge >= 0.3 is 0 Å². The number of nitrogens with one attached hydrogen (secondary N) is 1. The molecule has 0 radical (unpaired) electrons. The van der Waals surface area contributed by atoms with Gasteiger partial charge in [-0.1, -0.05) is 19.1 Å². The third kappa shape index (κ3) is 5.03. The van der Waals surface area contributed by atoms with E-state index in [4.69, 9.17) is 0 Å². The van der Waals surface area contributed by atoms with E-state index in [1.54, 1.807) is 18.5 Å². The van der Waals surface area contributed by atoms with Crippen LogP contribution in [0.1, 0.15) is 29.3 Å². The van der Waals surface area contributed by atoms with Gasteiger partial charge in [0.15, 0.2) is 0 Å². The van der Waals surface area contributed by atoms with Gasteiger partial charge < -0.3 is 15.1 Å². The zero-order valence-electron chi connectivity index (χ0n) is 15.6. The van der Waals surface area contributed by atoms with Crippen molar-refractivity contribution in [1.82, 2.24) is 19.8 Å². The van der Waals surface area contributed by atoms with Crippen molar-refractivity contribution in [2.75, 3.05) is 38.0 Å². The van der Waals surface area contributed by atoms with E-state index in [0.29, 0.717) is 50.7 Å². The Hall–Kier alpha value is -2.96. The molecule has 1 aliphatic rings. The number of benzene rings is 1. The third-order valence-corrected chi connectivity index (χ3v) is 4.72. The Morgan fingerprint density at radius 2 is 1.63 bits per heavy atom. The summed E-state index contributed by atoms with van der Waals surface area (Å²) in [5.41, 5.74) is 1.93. The van der Waals surface area contributed by atoms with E-state index in [1.165, 1.54) is 5.56 Å². The Morgan fingerprint density at radius 3 is 2.26 bits per heavy atom. The number of rotatable bonds is 6. The van der Waals surface area contributed by atoms with E-state index in [0.717, 1.165) is 6.42 Å². The van der Waals surface area contributed by atoms with Crippen LogP contribution in [0.2, 0.25) is 0 Å². The van der Waals surface area contributed by atoms with Gasteiger partial charge in [-0.25, -0.2) is 9.97 Å². The van der Waals surface area contributed by atoms with Crippen LogP contribution in [0.5, 0.6) is 0 Å². The van der Waals surface area contributed by atoms with Crippen molar-refractivity contribution in [3.63, 3.8) is 0 Å². The van der Waals surface area contributed by atoms with Gasteiger partial charge in [0.25, 0.3) is 5.91 Å². The van der Waals surface area contributed by atoms with Crippen molar-refractivity contribution in [2.24, 2.45) is 0 Å². The molecule has 1 fully saturated rings. The molecule has 2 amide bonds. The Balaban J connectivity index is 1.43. The van der Waals surface area contributed by atoms with Gasteiger partial charge in [0.2, 0.25) is 11.9 Å². The summed E-state index contributed by atoms with van der Waals surface area (Å²) in [4.78, 5) is 36.7. The first kappa shape index (κ1) is 18.8. The molecule has 3 rings (SSSR count). The molecule has 142 valence electrons. The van der Waals surface area contributed by atoms with Gasteiger partial charge in [-0.15, -0.1) is 0 Å². The van der Waals surface area contributed by atoms with Gasteiger partial charge in [-0.3, -0.25) is 9.59 Å². The maximum Gasteiger partial charge on any atom is 0.253 e. The van der Waals surface area contributed by atoms with Gasteiger partial charge in [-0.05, 0) is 30.2 Å². The lowest BCUT2D eigenvalue weighted by Gasteiger charge is -2.35. The van der Waals surface area contributed by atoms with Gasteiger partial charge in [0.05, 0.1) is 0 Å². The summed E-state index contributed by atoms with van der Waals surface area (Å²) in [6.07, 6.45) is 4.65. The first-order valence-corrected chi connectivity index (χ1v) is 9.34. The molecule has 1 N–H and O–H groups in total. The zero-order valence-corrected chi connectivity index (χ0v) is 15.6. The molecule has 7 nitrogen and oxygen atoms in total.